The summed E-state index contributed by atoms with van der Waals surface area (Å²) in [5, 5.41) is 8.48. The molecule has 5 nitrogen and oxygen atoms in total. The molecule has 0 N–H and O–H groups in total. The topological polar surface area (TPSA) is 54.7 Å². The standard InChI is InChI=1S/C13H16N2O3/c1-16-13(17-2)9-15(10-13)11-4-3-5-12(8-11)18-7-6-14/h3-5,8H,7,9-10H2,1-2H3. The van der Waals surface area contributed by atoms with Crippen LogP contribution in [-0.2, 0) is 9.47 Å². The summed E-state index contributed by atoms with van der Waals surface area (Å²) >= 11 is 0. The Bertz CT molecular complexity index is 444. The van der Waals surface area contributed by atoms with Crippen molar-refractivity contribution in [3.63, 3.8) is 0 Å². The van der Waals surface area contributed by atoms with Crippen molar-refractivity contribution in [1.82, 2.24) is 0 Å². The first-order valence-corrected chi connectivity index (χ1v) is 5.68. The van der Waals surface area contributed by atoms with Gasteiger partial charge in [-0.05, 0) is 12.1 Å². The highest BCUT2D eigenvalue weighted by Crippen LogP contribution is 2.32. The Morgan fingerprint density at radius 1 is 1.33 bits per heavy atom. The summed E-state index contributed by atoms with van der Waals surface area (Å²) in [6.07, 6.45) is 0. The normalized spacial score (nSPS) is 16.8. The molecule has 0 bridgehead atoms. The van der Waals surface area contributed by atoms with Crippen molar-refractivity contribution in [2.45, 2.75) is 5.79 Å². The molecule has 1 aromatic carbocycles. The van der Waals surface area contributed by atoms with Crippen LogP contribution >= 0.6 is 0 Å². The Balaban J connectivity index is 2.01. The largest absolute Gasteiger partial charge is 0.479 e. The van der Waals surface area contributed by atoms with E-state index in [0.29, 0.717) is 18.8 Å². The molecule has 1 heterocycles. The fraction of sp³-hybridized carbons (Fsp3) is 0.462. The van der Waals surface area contributed by atoms with Crippen molar-refractivity contribution >= 4 is 5.69 Å². The fourth-order valence-electron chi connectivity index (χ4n) is 1.94. The van der Waals surface area contributed by atoms with Gasteiger partial charge in [0.05, 0.1) is 13.1 Å². The van der Waals surface area contributed by atoms with Crippen molar-refractivity contribution in [3.05, 3.63) is 24.3 Å². The Morgan fingerprint density at radius 2 is 2.06 bits per heavy atom. The van der Waals surface area contributed by atoms with Gasteiger partial charge in [-0.3, -0.25) is 0 Å². The summed E-state index contributed by atoms with van der Waals surface area (Å²) in [4.78, 5) is 2.13. The third-order valence-electron chi connectivity index (χ3n) is 3.09. The first-order chi connectivity index (χ1) is 8.73. The third kappa shape index (κ3) is 2.40. The molecule has 0 spiro atoms. The monoisotopic (exact) mass is 248 g/mol. The van der Waals surface area contributed by atoms with Gasteiger partial charge in [0.1, 0.15) is 11.8 Å². The van der Waals surface area contributed by atoms with Crippen molar-refractivity contribution in [2.75, 3.05) is 38.8 Å². The summed E-state index contributed by atoms with van der Waals surface area (Å²) < 4.78 is 15.9. The van der Waals surface area contributed by atoms with Crippen LogP contribution in [0.1, 0.15) is 0 Å². The number of nitrogens with zero attached hydrogens (tertiary/aromatic N) is 2. The second kappa shape index (κ2) is 5.25. The van der Waals surface area contributed by atoms with Crippen molar-refractivity contribution < 1.29 is 14.2 Å². The zero-order valence-corrected chi connectivity index (χ0v) is 10.5. The fourth-order valence-corrected chi connectivity index (χ4v) is 1.94. The van der Waals surface area contributed by atoms with Gasteiger partial charge in [0.15, 0.2) is 6.61 Å². The first-order valence-electron chi connectivity index (χ1n) is 5.68. The molecule has 1 aliphatic heterocycles. The van der Waals surface area contributed by atoms with E-state index in [1.54, 1.807) is 14.2 Å². The SMILES string of the molecule is COC1(OC)CN(c2cccc(OCC#N)c2)C1. The van der Waals surface area contributed by atoms with Crippen LogP contribution in [0.15, 0.2) is 24.3 Å². The quantitative estimate of drug-likeness (QED) is 0.737. The van der Waals surface area contributed by atoms with Crippen LogP contribution in [-0.4, -0.2) is 39.7 Å². The van der Waals surface area contributed by atoms with E-state index in [1.807, 2.05) is 30.3 Å². The van der Waals surface area contributed by atoms with Gasteiger partial charge >= 0.3 is 0 Å². The molecule has 0 aliphatic carbocycles. The molecule has 0 saturated carbocycles. The van der Waals surface area contributed by atoms with Crippen molar-refractivity contribution in [3.8, 4) is 11.8 Å². The number of anilines is 1. The van der Waals surface area contributed by atoms with Gasteiger partial charge in [-0.2, -0.15) is 5.26 Å². The molecule has 1 fully saturated rings. The Morgan fingerprint density at radius 3 is 2.67 bits per heavy atom. The average molecular weight is 248 g/mol. The molecular weight excluding hydrogens is 232 g/mol. The smallest absolute Gasteiger partial charge is 0.203 e. The van der Waals surface area contributed by atoms with Crippen LogP contribution < -0.4 is 9.64 Å². The van der Waals surface area contributed by atoms with Gasteiger partial charge < -0.3 is 19.1 Å². The second-order valence-electron chi connectivity index (χ2n) is 4.12. The molecule has 0 unspecified atom stereocenters. The minimum atomic E-state index is -0.497. The van der Waals surface area contributed by atoms with Crippen molar-refractivity contribution in [2.24, 2.45) is 0 Å². The number of methoxy groups -OCH3 is 2. The molecule has 5 heteroatoms. The molecule has 0 atom stereocenters. The third-order valence-corrected chi connectivity index (χ3v) is 3.09. The van der Waals surface area contributed by atoms with Crippen molar-refractivity contribution in [1.29, 1.82) is 5.26 Å². The lowest BCUT2D eigenvalue weighted by atomic mass is 10.1. The minimum absolute atomic E-state index is 0.0591. The van der Waals surface area contributed by atoms with Gasteiger partial charge in [0.25, 0.3) is 0 Å². The zero-order valence-electron chi connectivity index (χ0n) is 10.5. The molecule has 18 heavy (non-hydrogen) atoms. The molecule has 1 aliphatic rings. The van der Waals surface area contributed by atoms with Crippen LogP contribution in [0.4, 0.5) is 5.69 Å². The highest BCUT2D eigenvalue weighted by molar-refractivity contribution is 5.53. The maximum absolute atomic E-state index is 8.48. The number of rotatable bonds is 5. The Kier molecular flexibility index (Phi) is 3.70. The summed E-state index contributed by atoms with van der Waals surface area (Å²) in [6.45, 7) is 1.42. The van der Waals surface area contributed by atoms with E-state index in [4.69, 9.17) is 19.5 Å². The number of benzene rings is 1. The molecule has 96 valence electrons. The maximum atomic E-state index is 8.48. The predicted octanol–water partition coefficient (Wildman–Crippen LogP) is 1.40. The van der Waals surface area contributed by atoms with E-state index in [-0.39, 0.29) is 6.61 Å². The minimum Gasteiger partial charge on any atom is -0.479 e. The van der Waals surface area contributed by atoms with Gasteiger partial charge in [0, 0.05) is 26.0 Å². The van der Waals surface area contributed by atoms with Gasteiger partial charge in [-0.1, -0.05) is 6.07 Å². The Labute approximate surface area is 106 Å². The summed E-state index contributed by atoms with van der Waals surface area (Å²) in [7, 11) is 3.29. The lowest BCUT2D eigenvalue weighted by molar-refractivity contribution is -0.219. The summed E-state index contributed by atoms with van der Waals surface area (Å²) in [6, 6.07) is 9.59. The average Bonchev–Trinajstić information content (AvgIpc) is 2.37. The lowest BCUT2D eigenvalue weighted by Gasteiger charge is -2.48. The molecule has 0 radical (unpaired) electrons. The highest BCUT2D eigenvalue weighted by Gasteiger charge is 2.43. The van der Waals surface area contributed by atoms with Crippen LogP contribution in [0.3, 0.4) is 0 Å². The molecule has 0 aromatic heterocycles. The number of hydrogen-bond acceptors (Lipinski definition) is 5. The maximum Gasteiger partial charge on any atom is 0.203 e. The number of nitriles is 1. The predicted molar refractivity (Wildman–Crippen MR) is 66.5 cm³/mol. The Hall–Kier alpha value is -1.77. The first kappa shape index (κ1) is 12.7. The summed E-state index contributed by atoms with van der Waals surface area (Å²) in [5.74, 6) is 0.199. The lowest BCUT2D eigenvalue weighted by Crippen LogP contribution is -2.64. The van der Waals surface area contributed by atoms with Crippen LogP contribution in [0.5, 0.6) is 5.75 Å². The van der Waals surface area contributed by atoms with E-state index >= 15 is 0 Å². The van der Waals surface area contributed by atoms with Crippen LogP contribution in [0, 0.1) is 11.3 Å². The van der Waals surface area contributed by atoms with Gasteiger partial charge in [0.2, 0.25) is 5.79 Å². The summed E-state index contributed by atoms with van der Waals surface area (Å²) in [5.41, 5.74) is 1.04. The number of ether oxygens (including phenoxy) is 3. The number of hydrogen-bond donors (Lipinski definition) is 0. The molecule has 1 saturated heterocycles. The van der Waals surface area contributed by atoms with Gasteiger partial charge in [-0.25, -0.2) is 0 Å². The van der Waals surface area contributed by atoms with E-state index in [9.17, 15) is 0 Å². The van der Waals surface area contributed by atoms with E-state index in [0.717, 1.165) is 5.69 Å². The van der Waals surface area contributed by atoms with Gasteiger partial charge in [-0.15, -0.1) is 0 Å². The molecule has 2 rings (SSSR count). The second-order valence-corrected chi connectivity index (χ2v) is 4.12. The van der Waals surface area contributed by atoms with E-state index < -0.39 is 5.79 Å². The highest BCUT2D eigenvalue weighted by atomic mass is 16.7. The molecule has 0 amide bonds. The molecule has 1 aromatic rings. The van der Waals surface area contributed by atoms with Crippen LogP contribution in [0.25, 0.3) is 0 Å². The van der Waals surface area contributed by atoms with E-state index in [2.05, 4.69) is 4.90 Å². The molecular formula is C13H16N2O3. The zero-order chi connectivity index (χ0) is 13.0. The van der Waals surface area contributed by atoms with E-state index in [1.165, 1.54) is 0 Å². The van der Waals surface area contributed by atoms with Crippen LogP contribution in [0.2, 0.25) is 0 Å².